The molecule has 0 bridgehead atoms. The van der Waals surface area contributed by atoms with Crippen LogP contribution in [-0.4, -0.2) is 53.4 Å². The second kappa shape index (κ2) is 5.69. The smallest absolute Gasteiger partial charge is 0.219 e. The van der Waals surface area contributed by atoms with Gasteiger partial charge in [-0.3, -0.25) is 4.79 Å². The molecule has 0 spiro atoms. The summed E-state index contributed by atoms with van der Waals surface area (Å²) in [5.41, 5.74) is 1.62. The van der Waals surface area contributed by atoms with Crippen molar-refractivity contribution < 1.29 is 10.0 Å². The van der Waals surface area contributed by atoms with Crippen molar-refractivity contribution in [1.82, 2.24) is 9.88 Å². The van der Waals surface area contributed by atoms with Crippen LogP contribution < -0.4 is 4.90 Å². The molecular weight excluding hydrogens is 244 g/mol. The average molecular weight is 262 g/mol. The van der Waals surface area contributed by atoms with Crippen LogP contribution in [0.3, 0.4) is 0 Å². The maximum atomic E-state index is 11.3. The molecule has 0 unspecified atom stereocenters. The molecule has 0 saturated carbocycles. The molecule has 102 valence electrons. The number of amides is 1. The molecule has 1 aromatic heterocycles. The van der Waals surface area contributed by atoms with Crippen LogP contribution in [0.15, 0.2) is 17.3 Å². The number of carbonyl (C=O) groups excluding carboxylic acids is 1. The molecule has 1 amide bonds. The van der Waals surface area contributed by atoms with Crippen molar-refractivity contribution >= 4 is 17.9 Å². The predicted molar refractivity (Wildman–Crippen MR) is 72.8 cm³/mol. The molecule has 2 rings (SSSR count). The molecule has 1 aliphatic rings. The van der Waals surface area contributed by atoms with E-state index in [1.807, 2.05) is 24.0 Å². The molecule has 0 aromatic carbocycles. The molecule has 1 fully saturated rings. The Kier molecular flexibility index (Phi) is 3.99. The minimum Gasteiger partial charge on any atom is -0.411 e. The van der Waals surface area contributed by atoms with Crippen molar-refractivity contribution in [3.05, 3.63) is 23.4 Å². The molecule has 1 saturated heterocycles. The molecule has 0 aliphatic carbocycles. The quantitative estimate of drug-likeness (QED) is 0.488. The van der Waals surface area contributed by atoms with Crippen LogP contribution in [0.5, 0.6) is 0 Å². The zero-order chi connectivity index (χ0) is 13.8. The number of aromatic nitrogens is 1. The lowest BCUT2D eigenvalue weighted by atomic mass is 10.2. The summed E-state index contributed by atoms with van der Waals surface area (Å²) >= 11 is 0. The zero-order valence-electron chi connectivity index (χ0n) is 11.2. The number of pyridine rings is 1. The van der Waals surface area contributed by atoms with Crippen LogP contribution in [-0.2, 0) is 4.79 Å². The van der Waals surface area contributed by atoms with Gasteiger partial charge in [0.2, 0.25) is 5.91 Å². The van der Waals surface area contributed by atoms with Crippen molar-refractivity contribution in [2.24, 2.45) is 5.16 Å². The SMILES string of the molecule is CC(=O)N1CCN(c2ccc(/C=N\O)c(C)n2)CC1. The Balaban J connectivity index is 2.08. The number of nitrogens with zero attached hydrogens (tertiary/aromatic N) is 4. The molecule has 6 nitrogen and oxygen atoms in total. The van der Waals surface area contributed by atoms with Gasteiger partial charge in [0.25, 0.3) is 0 Å². The topological polar surface area (TPSA) is 69.0 Å². The number of hydrogen-bond donors (Lipinski definition) is 1. The van der Waals surface area contributed by atoms with Crippen LogP contribution in [0.25, 0.3) is 0 Å². The number of aryl methyl sites for hydroxylation is 1. The number of anilines is 1. The first-order valence-electron chi connectivity index (χ1n) is 6.27. The summed E-state index contributed by atoms with van der Waals surface area (Å²) in [7, 11) is 0. The number of carbonyl (C=O) groups is 1. The Bertz CT molecular complexity index is 493. The number of piperazine rings is 1. The highest BCUT2D eigenvalue weighted by molar-refractivity contribution is 5.80. The first-order chi connectivity index (χ1) is 9.11. The largest absolute Gasteiger partial charge is 0.411 e. The second-order valence-electron chi connectivity index (χ2n) is 4.58. The van der Waals surface area contributed by atoms with E-state index in [1.54, 1.807) is 6.92 Å². The van der Waals surface area contributed by atoms with E-state index < -0.39 is 0 Å². The van der Waals surface area contributed by atoms with Crippen LogP contribution >= 0.6 is 0 Å². The van der Waals surface area contributed by atoms with Crippen molar-refractivity contribution in [1.29, 1.82) is 0 Å². The summed E-state index contributed by atoms with van der Waals surface area (Å²) < 4.78 is 0. The van der Waals surface area contributed by atoms with E-state index >= 15 is 0 Å². The highest BCUT2D eigenvalue weighted by Crippen LogP contribution is 2.16. The highest BCUT2D eigenvalue weighted by atomic mass is 16.4. The van der Waals surface area contributed by atoms with Gasteiger partial charge in [0.1, 0.15) is 5.82 Å². The normalized spacial score (nSPS) is 16.1. The molecule has 2 heterocycles. The van der Waals surface area contributed by atoms with E-state index in [1.165, 1.54) is 6.21 Å². The lowest BCUT2D eigenvalue weighted by molar-refractivity contribution is -0.129. The van der Waals surface area contributed by atoms with Gasteiger partial charge in [0.15, 0.2) is 0 Å². The first-order valence-corrected chi connectivity index (χ1v) is 6.27. The lowest BCUT2D eigenvalue weighted by Crippen LogP contribution is -2.48. The second-order valence-corrected chi connectivity index (χ2v) is 4.58. The van der Waals surface area contributed by atoms with Crippen molar-refractivity contribution in [2.75, 3.05) is 31.1 Å². The maximum Gasteiger partial charge on any atom is 0.219 e. The van der Waals surface area contributed by atoms with Gasteiger partial charge >= 0.3 is 0 Å². The van der Waals surface area contributed by atoms with Gasteiger partial charge in [-0.15, -0.1) is 0 Å². The third-order valence-corrected chi connectivity index (χ3v) is 3.36. The summed E-state index contributed by atoms with van der Waals surface area (Å²) in [5, 5.41) is 11.6. The van der Waals surface area contributed by atoms with E-state index in [2.05, 4.69) is 15.0 Å². The standard InChI is InChI=1S/C13H18N4O2/c1-10-12(9-14-19)3-4-13(15-10)17-7-5-16(6-8-17)11(2)18/h3-4,9,19H,5-8H2,1-2H3/b14-9-. The summed E-state index contributed by atoms with van der Waals surface area (Å²) in [6.07, 6.45) is 1.37. The van der Waals surface area contributed by atoms with Gasteiger partial charge in [0.05, 0.1) is 6.21 Å². The summed E-state index contributed by atoms with van der Waals surface area (Å²) in [6, 6.07) is 3.79. The third-order valence-electron chi connectivity index (χ3n) is 3.36. The van der Waals surface area contributed by atoms with E-state index in [9.17, 15) is 4.79 Å². The van der Waals surface area contributed by atoms with Crippen molar-refractivity contribution in [2.45, 2.75) is 13.8 Å². The first kappa shape index (κ1) is 13.3. The van der Waals surface area contributed by atoms with Gasteiger partial charge in [-0.05, 0) is 19.1 Å². The van der Waals surface area contributed by atoms with Crippen LogP contribution in [0.2, 0.25) is 0 Å². The minimum absolute atomic E-state index is 0.123. The molecule has 1 aliphatic heterocycles. The molecule has 6 heteroatoms. The van der Waals surface area contributed by atoms with Gasteiger partial charge < -0.3 is 15.0 Å². The predicted octanol–water partition coefficient (Wildman–Crippen LogP) is 0.867. The Morgan fingerprint density at radius 3 is 2.58 bits per heavy atom. The Morgan fingerprint density at radius 2 is 2.05 bits per heavy atom. The Labute approximate surface area is 112 Å². The van der Waals surface area contributed by atoms with Crippen LogP contribution in [0.1, 0.15) is 18.2 Å². The number of rotatable bonds is 2. The summed E-state index contributed by atoms with van der Waals surface area (Å²) in [6.45, 7) is 6.53. The molecule has 0 atom stereocenters. The number of oxime groups is 1. The van der Waals surface area contributed by atoms with Crippen LogP contribution in [0, 0.1) is 6.92 Å². The Morgan fingerprint density at radius 1 is 1.37 bits per heavy atom. The van der Waals surface area contributed by atoms with E-state index in [0.29, 0.717) is 0 Å². The molecule has 1 aromatic rings. The van der Waals surface area contributed by atoms with E-state index in [0.717, 1.165) is 43.3 Å². The maximum absolute atomic E-state index is 11.3. The fourth-order valence-electron chi connectivity index (χ4n) is 2.18. The zero-order valence-corrected chi connectivity index (χ0v) is 11.2. The van der Waals surface area contributed by atoms with Gasteiger partial charge in [0, 0.05) is 44.4 Å². The van der Waals surface area contributed by atoms with Gasteiger partial charge in [-0.2, -0.15) is 0 Å². The van der Waals surface area contributed by atoms with Gasteiger partial charge in [-0.25, -0.2) is 4.98 Å². The monoisotopic (exact) mass is 262 g/mol. The molecular formula is C13H18N4O2. The lowest BCUT2D eigenvalue weighted by Gasteiger charge is -2.35. The van der Waals surface area contributed by atoms with Crippen molar-refractivity contribution in [3.63, 3.8) is 0 Å². The molecule has 1 N–H and O–H groups in total. The van der Waals surface area contributed by atoms with Gasteiger partial charge in [-0.1, -0.05) is 5.16 Å². The third kappa shape index (κ3) is 3.01. The minimum atomic E-state index is 0.123. The van der Waals surface area contributed by atoms with Crippen molar-refractivity contribution in [3.8, 4) is 0 Å². The van der Waals surface area contributed by atoms with E-state index in [-0.39, 0.29) is 5.91 Å². The molecule has 19 heavy (non-hydrogen) atoms. The molecule has 0 radical (unpaired) electrons. The average Bonchev–Trinajstić information content (AvgIpc) is 2.41. The summed E-state index contributed by atoms with van der Waals surface area (Å²) in [4.78, 5) is 19.8. The Hall–Kier alpha value is -2.11. The number of hydrogen-bond acceptors (Lipinski definition) is 5. The fourth-order valence-corrected chi connectivity index (χ4v) is 2.18. The highest BCUT2D eigenvalue weighted by Gasteiger charge is 2.19. The fraction of sp³-hybridized carbons (Fsp3) is 0.462. The van der Waals surface area contributed by atoms with Crippen LogP contribution in [0.4, 0.5) is 5.82 Å². The van der Waals surface area contributed by atoms with E-state index in [4.69, 9.17) is 5.21 Å². The summed E-state index contributed by atoms with van der Waals surface area (Å²) in [5.74, 6) is 1.02.